The molecule has 0 fully saturated rings. The molecule has 2 atom stereocenters. The monoisotopic (exact) mass is 1220 g/mol. The lowest BCUT2D eigenvalue weighted by atomic mass is 10.0. The maximum absolute atomic E-state index is 13.0. The van der Waals surface area contributed by atoms with Crippen LogP contribution in [0.25, 0.3) is 0 Å². The molecule has 0 amide bonds. The summed E-state index contributed by atoms with van der Waals surface area (Å²) in [7, 11) is 5.95. The van der Waals surface area contributed by atoms with Crippen molar-refractivity contribution in [3.05, 3.63) is 0 Å². The van der Waals surface area contributed by atoms with Gasteiger partial charge in [0.15, 0.2) is 12.4 Å². The SMILES string of the molecule is CCCCCCCCCCCCCCCCCCCCCCCCCCCCCCCCCCCCCCC(=O)OC(COC(=O)CCCCCCCCCCCCCCCCCCCCCCCCCCC)COC(OCC[N+](C)(C)C)C(=O)[O-]. The van der Waals surface area contributed by atoms with Gasteiger partial charge in [0.25, 0.3) is 0 Å². The van der Waals surface area contributed by atoms with Crippen LogP contribution in [0.2, 0.25) is 0 Å². The predicted octanol–water partition coefficient (Wildman–Crippen LogP) is 22.9. The standard InChI is InChI=1S/C77H151NO8/c1-6-8-10-12-14-16-18-20-22-24-26-28-30-32-33-34-35-36-37-38-39-40-41-42-44-46-48-50-52-54-56-58-60-62-64-66-68-75(80)86-73(72-85-77(76(81)82)83-70-69-78(3,4)5)71-84-74(79)67-65-63-61-59-57-55-53-51-49-47-45-43-31-29-27-25-23-21-19-17-15-13-11-9-7-2/h73,77H,6-72H2,1-5H3. The molecule has 0 bridgehead atoms. The molecule has 9 heteroatoms. The molecule has 0 spiro atoms. The molecule has 86 heavy (non-hydrogen) atoms. The zero-order valence-corrected chi connectivity index (χ0v) is 58.7. The number of quaternary nitrogens is 1. The molecule has 512 valence electrons. The number of hydrogen-bond acceptors (Lipinski definition) is 8. The third-order valence-corrected chi connectivity index (χ3v) is 18.1. The number of aliphatic carboxylic acids is 1. The van der Waals surface area contributed by atoms with Gasteiger partial charge in [0.05, 0.1) is 40.3 Å². The highest BCUT2D eigenvalue weighted by molar-refractivity contribution is 5.70. The Bertz CT molecular complexity index is 1370. The molecule has 0 rings (SSSR count). The second-order valence-corrected chi connectivity index (χ2v) is 28.0. The Morgan fingerprint density at radius 1 is 0.302 bits per heavy atom. The van der Waals surface area contributed by atoms with Gasteiger partial charge in [0.1, 0.15) is 13.2 Å². The van der Waals surface area contributed by atoms with E-state index in [9.17, 15) is 19.5 Å². The number of carboxylic acid groups (broad SMARTS) is 1. The summed E-state index contributed by atoms with van der Waals surface area (Å²) in [4.78, 5) is 37.5. The highest BCUT2D eigenvalue weighted by Gasteiger charge is 2.22. The highest BCUT2D eigenvalue weighted by Crippen LogP contribution is 2.20. The van der Waals surface area contributed by atoms with Crippen LogP contribution in [0.4, 0.5) is 0 Å². The Morgan fingerprint density at radius 2 is 0.523 bits per heavy atom. The minimum Gasteiger partial charge on any atom is -0.545 e. The van der Waals surface area contributed by atoms with Gasteiger partial charge in [-0.05, 0) is 12.8 Å². The summed E-state index contributed by atoms with van der Waals surface area (Å²) in [6, 6.07) is 0. The van der Waals surface area contributed by atoms with Crippen LogP contribution >= 0.6 is 0 Å². The molecule has 0 aromatic carbocycles. The molecule has 0 aromatic heterocycles. The van der Waals surface area contributed by atoms with Crippen molar-refractivity contribution in [1.82, 2.24) is 0 Å². The molecule has 0 heterocycles. The molecule has 9 nitrogen and oxygen atoms in total. The van der Waals surface area contributed by atoms with Crippen molar-refractivity contribution in [2.75, 3.05) is 47.5 Å². The van der Waals surface area contributed by atoms with E-state index in [0.717, 1.165) is 38.5 Å². The quantitative estimate of drug-likeness (QED) is 0.0256. The van der Waals surface area contributed by atoms with Crippen LogP contribution in [-0.4, -0.2) is 82.3 Å². The van der Waals surface area contributed by atoms with E-state index in [2.05, 4.69) is 13.8 Å². The normalized spacial score (nSPS) is 12.5. The first-order chi connectivity index (χ1) is 42.1. The van der Waals surface area contributed by atoms with Gasteiger partial charge in [-0.3, -0.25) is 9.59 Å². The van der Waals surface area contributed by atoms with Gasteiger partial charge in [0, 0.05) is 12.8 Å². The summed E-state index contributed by atoms with van der Waals surface area (Å²) in [6.07, 6.45) is 80.9. The first-order valence-corrected chi connectivity index (χ1v) is 38.7. The third kappa shape index (κ3) is 69.8. The lowest BCUT2D eigenvalue weighted by Crippen LogP contribution is -2.44. The van der Waals surface area contributed by atoms with Crippen molar-refractivity contribution >= 4 is 17.9 Å². The molecular formula is C77H151NO8. The van der Waals surface area contributed by atoms with Crippen molar-refractivity contribution < 1.29 is 42.9 Å². The fourth-order valence-corrected chi connectivity index (χ4v) is 12.2. The number of ether oxygens (including phenoxy) is 4. The summed E-state index contributed by atoms with van der Waals surface area (Å²) in [5, 5.41) is 11.8. The zero-order chi connectivity index (χ0) is 62.6. The van der Waals surface area contributed by atoms with Gasteiger partial charge in [-0.25, -0.2) is 0 Å². The predicted molar refractivity (Wildman–Crippen MR) is 367 cm³/mol. The number of carboxylic acids is 1. The minimum absolute atomic E-state index is 0.154. The summed E-state index contributed by atoms with van der Waals surface area (Å²) in [5.74, 6) is -2.24. The molecule has 0 radical (unpaired) electrons. The zero-order valence-electron chi connectivity index (χ0n) is 58.7. The van der Waals surface area contributed by atoms with E-state index in [1.807, 2.05) is 21.1 Å². The molecule has 2 unspecified atom stereocenters. The maximum atomic E-state index is 13.0. The Balaban J connectivity index is 3.95. The van der Waals surface area contributed by atoms with Gasteiger partial charge < -0.3 is 33.3 Å². The van der Waals surface area contributed by atoms with Crippen LogP contribution in [0.1, 0.15) is 418 Å². The molecule has 0 aliphatic carbocycles. The van der Waals surface area contributed by atoms with E-state index in [0.29, 0.717) is 17.4 Å². The van der Waals surface area contributed by atoms with Crippen molar-refractivity contribution in [3.63, 3.8) is 0 Å². The fourth-order valence-electron chi connectivity index (χ4n) is 12.2. The van der Waals surface area contributed by atoms with E-state index in [1.54, 1.807) is 0 Å². The minimum atomic E-state index is -1.62. The summed E-state index contributed by atoms with van der Waals surface area (Å²) in [6.45, 7) is 4.85. The van der Waals surface area contributed by atoms with E-state index in [-0.39, 0.29) is 32.2 Å². The van der Waals surface area contributed by atoms with Crippen molar-refractivity contribution in [2.45, 2.75) is 431 Å². The van der Waals surface area contributed by atoms with E-state index >= 15 is 0 Å². The average molecular weight is 1220 g/mol. The molecule has 0 aliphatic rings. The Morgan fingerprint density at radius 3 is 0.744 bits per heavy atom. The van der Waals surface area contributed by atoms with Crippen LogP contribution in [0.3, 0.4) is 0 Å². The summed E-state index contributed by atoms with van der Waals surface area (Å²) < 4.78 is 22.9. The molecule has 0 saturated carbocycles. The first-order valence-electron chi connectivity index (χ1n) is 38.7. The highest BCUT2D eigenvalue weighted by atomic mass is 16.7. The van der Waals surface area contributed by atoms with Crippen LogP contribution in [0, 0.1) is 0 Å². The lowest BCUT2D eigenvalue weighted by molar-refractivity contribution is -0.870. The Hall–Kier alpha value is -1.71. The third-order valence-electron chi connectivity index (χ3n) is 18.1. The van der Waals surface area contributed by atoms with Gasteiger partial charge in [-0.15, -0.1) is 0 Å². The molecule has 0 saturated heterocycles. The van der Waals surface area contributed by atoms with Gasteiger partial charge in [-0.2, -0.15) is 0 Å². The van der Waals surface area contributed by atoms with Crippen LogP contribution in [0.5, 0.6) is 0 Å². The van der Waals surface area contributed by atoms with E-state index in [1.165, 1.54) is 353 Å². The number of esters is 2. The maximum Gasteiger partial charge on any atom is 0.306 e. The number of carbonyl (C=O) groups excluding carboxylic acids is 3. The van der Waals surface area contributed by atoms with Crippen molar-refractivity contribution in [1.29, 1.82) is 0 Å². The summed E-state index contributed by atoms with van der Waals surface area (Å²) in [5.41, 5.74) is 0. The smallest absolute Gasteiger partial charge is 0.306 e. The van der Waals surface area contributed by atoms with Crippen molar-refractivity contribution in [2.24, 2.45) is 0 Å². The van der Waals surface area contributed by atoms with Crippen LogP contribution in [-0.2, 0) is 33.3 Å². The van der Waals surface area contributed by atoms with Crippen molar-refractivity contribution in [3.8, 4) is 0 Å². The second-order valence-electron chi connectivity index (χ2n) is 28.0. The molecule has 0 aromatic rings. The number of carbonyl (C=O) groups is 3. The average Bonchev–Trinajstić information content (AvgIpc) is 3.64. The van der Waals surface area contributed by atoms with Gasteiger partial charge >= 0.3 is 11.9 Å². The number of hydrogen-bond donors (Lipinski definition) is 0. The molecule has 0 aliphatic heterocycles. The second kappa shape index (κ2) is 69.2. The van der Waals surface area contributed by atoms with E-state index < -0.39 is 24.3 Å². The number of nitrogens with zero attached hydrogens (tertiary/aromatic N) is 1. The number of rotatable bonds is 74. The number of likely N-dealkylation sites (N-methyl/N-ethyl adjacent to an activating group) is 1. The fraction of sp³-hybridized carbons (Fsp3) is 0.961. The number of unbranched alkanes of at least 4 members (excludes halogenated alkanes) is 59. The lowest BCUT2D eigenvalue weighted by Gasteiger charge is -2.26. The first kappa shape index (κ1) is 84.3. The van der Waals surface area contributed by atoms with Gasteiger partial charge in [-0.1, -0.05) is 393 Å². The van der Waals surface area contributed by atoms with Gasteiger partial charge in [0.2, 0.25) is 0 Å². The molecular weight excluding hydrogens is 1070 g/mol. The summed E-state index contributed by atoms with van der Waals surface area (Å²) >= 11 is 0. The largest absolute Gasteiger partial charge is 0.545 e. The Labute approximate surface area is 536 Å². The van der Waals surface area contributed by atoms with Crippen LogP contribution in [0.15, 0.2) is 0 Å². The Kier molecular flexibility index (Phi) is 67.8. The van der Waals surface area contributed by atoms with Crippen LogP contribution < -0.4 is 5.11 Å². The van der Waals surface area contributed by atoms with E-state index in [4.69, 9.17) is 18.9 Å². The topological polar surface area (TPSA) is 111 Å². The molecule has 0 N–H and O–H groups in total.